The van der Waals surface area contributed by atoms with Gasteiger partial charge in [0.15, 0.2) is 0 Å². The van der Waals surface area contributed by atoms with E-state index in [4.69, 9.17) is 35.8 Å². The summed E-state index contributed by atoms with van der Waals surface area (Å²) >= 11 is 5.95. The number of carbonyl (C=O) groups is 1. The van der Waals surface area contributed by atoms with Crippen molar-refractivity contribution in [2.75, 3.05) is 38.9 Å². The number of phenols is 1. The van der Waals surface area contributed by atoms with Crippen LogP contribution < -0.4 is 4.74 Å². The molecule has 0 saturated heterocycles. The van der Waals surface area contributed by atoms with Crippen LogP contribution in [0.3, 0.4) is 0 Å². The molecule has 0 radical (unpaired) electrons. The Hall–Kier alpha value is -4.17. The number of hydrogen-bond donors (Lipinski definition) is 3. The maximum absolute atomic E-state index is 13.9. The van der Waals surface area contributed by atoms with Gasteiger partial charge in [-0.3, -0.25) is 15.0 Å². The van der Waals surface area contributed by atoms with Gasteiger partial charge in [-0.1, -0.05) is 37.1 Å². The lowest BCUT2D eigenvalue weighted by Gasteiger charge is -2.59. The number of non-ortho nitro benzene ring substituents is 1. The second kappa shape index (κ2) is 19.4. The van der Waals surface area contributed by atoms with Crippen molar-refractivity contribution in [1.82, 2.24) is 4.90 Å². The van der Waals surface area contributed by atoms with Crippen LogP contribution in [0.2, 0.25) is 0 Å². The summed E-state index contributed by atoms with van der Waals surface area (Å²) in [4.78, 5) is 32.3. The van der Waals surface area contributed by atoms with E-state index in [-0.39, 0.29) is 74.5 Å². The van der Waals surface area contributed by atoms with Gasteiger partial charge in [0.2, 0.25) is 5.79 Å². The third-order valence-corrected chi connectivity index (χ3v) is 10.7. The molecule has 294 valence electrons. The summed E-state index contributed by atoms with van der Waals surface area (Å²) in [5.41, 5.74) is 2.90. The number of amides is 1. The number of aliphatic hydroxyl groups excluding tert-OH is 2. The fourth-order valence-electron chi connectivity index (χ4n) is 8.38. The Kier molecular flexibility index (Phi) is 14.8. The first-order valence-electron chi connectivity index (χ1n) is 18.8. The number of allylic oxidation sites excluding steroid dienone is 1. The smallest absolute Gasteiger partial charge is 0.410 e. The van der Waals surface area contributed by atoms with Crippen molar-refractivity contribution >= 4 is 29.1 Å². The minimum absolute atomic E-state index is 0.00371. The number of nitro groups is 1. The number of carbonyl (C=O) groups excluding carboxylic acids is 1. The van der Waals surface area contributed by atoms with Crippen molar-refractivity contribution in [3.05, 3.63) is 88.0 Å². The van der Waals surface area contributed by atoms with Crippen LogP contribution in [-0.2, 0) is 20.9 Å². The van der Waals surface area contributed by atoms with Crippen LogP contribution in [0.25, 0.3) is 0 Å². The number of unbranched alkanes of at least 4 members (excludes halogenated alkanes) is 2. The molecule has 1 amide bonds. The zero-order valence-corrected chi connectivity index (χ0v) is 31.6. The molecule has 5 rings (SSSR count). The van der Waals surface area contributed by atoms with Crippen LogP contribution in [0, 0.1) is 27.9 Å². The van der Waals surface area contributed by atoms with Crippen molar-refractivity contribution in [3.63, 3.8) is 0 Å². The highest BCUT2D eigenvalue weighted by molar-refractivity contribution is 6.18. The van der Waals surface area contributed by atoms with E-state index in [0.717, 1.165) is 36.8 Å². The molecule has 3 aliphatic rings. The number of rotatable bonds is 20. The van der Waals surface area contributed by atoms with E-state index in [1.165, 1.54) is 12.1 Å². The summed E-state index contributed by atoms with van der Waals surface area (Å²) in [6.07, 6.45) is 8.41. The molecule has 13 nitrogen and oxygen atoms in total. The van der Waals surface area contributed by atoms with Gasteiger partial charge in [-0.05, 0) is 85.4 Å². The first-order chi connectivity index (χ1) is 26.2. The Bertz CT molecular complexity index is 1650. The molecule has 1 aliphatic heterocycles. The Morgan fingerprint density at radius 2 is 1.89 bits per heavy atom. The molecule has 1 fully saturated rings. The van der Waals surface area contributed by atoms with Gasteiger partial charge in [0.1, 0.15) is 30.8 Å². The number of halogens is 1. The molecule has 6 atom stereocenters. The third kappa shape index (κ3) is 9.02. The van der Waals surface area contributed by atoms with Crippen LogP contribution >= 0.6 is 11.6 Å². The fourth-order valence-corrected chi connectivity index (χ4v) is 8.46. The summed E-state index contributed by atoms with van der Waals surface area (Å²) in [5.74, 6) is -1.51. The van der Waals surface area contributed by atoms with Crippen molar-refractivity contribution in [2.24, 2.45) is 22.9 Å². The largest absolute Gasteiger partial charge is 0.508 e. The lowest BCUT2D eigenvalue weighted by molar-refractivity contribution is -0.384. The van der Waals surface area contributed by atoms with E-state index in [0.29, 0.717) is 42.8 Å². The zero-order chi connectivity index (χ0) is 38.7. The molecule has 2 aromatic carbocycles. The molecule has 2 aliphatic carbocycles. The number of aliphatic hydroxyl groups is 2. The van der Waals surface area contributed by atoms with Gasteiger partial charge < -0.3 is 34.4 Å². The van der Waals surface area contributed by atoms with Gasteiger partial charge in [-0.25, -0.2) is 4.79 Å². The fraction of sp³-hybridized carbons (Fsp3) is 0.550. The van der Waals surface area contributed by atoms with Crippen molar-refractivity contribution in [3.8, 4) is 11.5 Å². The highest BCUT2D eigenvalue weighted by Crippen LogP contribution is 2.61. The quantitative estimate of drug-likeness (QED) is 0.0410. The lowest BCUT2D eigenvalue weighted by atomic mass is 9.55. The molecule has 0 aromatic heterocycles. The molecule has 2 aromatic rings. The number of benzene rings is 2. The summed E-state index contributed by atoms with van der Waals surface area (Å²) in [7, 11) is 0. The first kappa shape index (κ1) is 41.0. The average molecular weight is 770 g/mol. The molecule has 54 heavy (non-hydrogen) atoms. The van der Waals surface area contributed by atoms with Crippen molar-refractivity contribution in [1.29, 1.82) is 0 Å². The molecule has 6 unspecified atom stereocenters. The molecule has 1 saturated carbocycles. The van der Waals surface area contributed by atoms with Crippen LogP contribution in [0.15, 0.2) is 71.9 Å². The number of alkyl halides is 1. The number of fused-ring (bicyclic) bond motifs is 2. The summed E-state index contributed by atoms with van der Waals surface area (Å²) in [6.45, 7) is 6.51. The van der Waals surface area contributed by atoms with Crippen LogP contribution in [0.1, 0.15) is 75.3 Å². The SMILES string of the molecule is C=CCOC12Oc3ccc(O)cc3C3C(CCCCO)C(CCCCO)C=C(C(=NOCc4ccc([N+](=O)[O-])cc4)CC1N(CCC)C(=O)OCCCl)C32. The number of aromatic hydroxyl groups is 1. The first-order valence-corrected chi connectivity index (χ1v) is 19.4. The standard InChI is InChI=1S/C40H52ClN3O10/c1-3-18-43(39(48)51-22-17-41)36-25-34(42-53-26-27-11-13-29(14-12-27)44(49)50)32-23-28(9-5-7-19-45)31(10-6-8-20-46)37-33-24-30(47)15-16-35(33)54-40(36,38(32)37)52-21-4-2/h4,11-16,23-24,28,31,36-38,45-47H,2-3,5-10,17-22,25-26H2,1H3. The van der Waals surface area contributed by atoms with Gasteiger partial charge in [-0.2, -0.15) is 0 Å². The average Bonchev–Trinajstić information content (AvgIpc) is 3.17. The van der Waals surface area contributed by atoms with Crippen molar-refractivity contribution < 1.29 is 44.1 Å². The third-order valence-electron chi connectivity index (χ3n) is 10.6. The summed E-state index contributed by atoms with van der Waals surface area (Å²) in [5, 5.41) is 46.3. The van der Waals surface area contributed by atoms with E-state index in [1.54, 1.807) is 41.3 Å². The maximum atomic E-state index is 13.9. The Morgan fingerprint density at radius 1 is 1.15 bits per heavy atom. The Balaban J connectivity index is 1.72. The minimum Gasteiger partial charge on any atom is -0.508 e. The van der Waals surface area contributed by atoms with Crippen LogP contribution in [0.5, 0.6) is 11.5 Å². The number of phenolic OH excluding ortho intramolecular Hbond substituents is 1. The number of nitrogens with zero attached hydrogens (tertiary/aromatic N) is 3. The van der Waals surface area contributed by atoms with E-state index in [1.807, 2.05) is 6.92 Å². The predicted molar refractivity (Wildman–Crippen MR) is 204 cm³/mol. The Morgan fingerprint density at radius 3 is 2.56 bits per heavy atom. The van der Waals surface area contributed by atoms with E-state index >= 15 is 0 Å². The molecule has 14 heteroatoms. The topological polar surface area (TPSA) is 173 Å². The number of nitro benzene ring substituents is 1. The number of ether oxygens (including phenoxy) is 3. The van der Waals surface area contributed by atoms with Crippen molar-refractivity contribution in [2.45, 2.75) is 82.6 Å². The van der Waals surface area contributed by atoms with Gasteiger partial charge in [-0.15, -0.1) is 18.2 Å². The number of oxime groups is 1. The monoisotopic (exact) mass is 769 g/mol. The van der Waals surface area contributed by atoms with Gasteiger partial charge >= 0.3 is 6.09 Å². The molecule has 0 bridgehead atoms. The summed E-state index contributed by atoms with van der Waals surface area (Å²) in [6, 6.07) is 10.4. The van der Waals surface area contributed by atoms with Crippen LogP contribution in [0.4, 0.5) is 10.5 Å². The number of hydrogen-bond acceptors (Lipinski definition) is 11. The molecule has 1 heterocycles. The van der Waals surface area contributed by atoms with E-state index < -0.39 is 28.8 Å². The zero-order valence-electron chi connectivity index (χ0n) is 30.8. The van der Waals surface area contributed by atoms with Gasteiger partial charge in [0.25, 0.3) is 5.69 Å². The highest BCUT2D eigenvalue weighted by Gasteiger charge is 2.65. The van der Waals surface area contributed by atoms with E-state index in [9.17, 15) is 30.2 Å². The lowest BCUT2D eigenvalue weighted by Crippen LogP contribution is -2.70. The van der Waals surface area contributed by atoms with Crippen LogP contribution in [-0.4, -0.2) is 87.6 Å². The molecule has 3 N–H and O–H groups in total. The molecular formula is C40H52ClN3O10. The van der Waals surface area contributed by atoms with Gasteiger partial charge in [0.05, 0.1) is 29.0 Å². The second-order valence-corrected chi connectivity index (χ2v) is 14.4. The van der Waals surface area contributed by atoms with Gasteiger partial charge in [0, 0.05) is 49.8 Å². The molecular weight excluding hydrogens is 718 g/mol. The molecule has 0 spiro atoms. The normalized spacial score (nSPS) is 24.8. The second-order valence-electron chi connectivity index (χ2n) is 14.0. The summed E-state index contributed by atoms with van der Waals surface area (Å²) < 4.78 is 19.5. The minimum atomic E-state index is -1.45. The maximum Gasteiger partial charge on any atom is 0.410 e. The van der Waals surface area contributed by atoms with E-state index in [2.05, 4.69) is 12.7 Å². The Labute approximate surface area is 321 Å². The highest BCUT2D eigenvalue weighted by atomic mass is 35.5. The predicted octanol–water partition coefficient (Wildman–Crippen LogP) is 7.22.